The summed E-state index contributed by atoms with van der Waals surface area (Å²) in [6.45, 7) is 0. The zero-order valence-electron chi connectivity index (χ0n) is 48.6. The molecule has 0 saturated heterocycles. The predicted molar refractivity (Wildman–Crippen MR) is 374 cm³/mol. The van der Waals surface area contributed by atoms with Crippen molar-refractivity contribution in [3.05, 3.63) is 362 Å². The van der Waals surface area contributed by atoms with Crippen LogP contribution in [-0.2, 0) is 5.41 Å². The lowest BCUT2D eigenvalue weighted by molar-refractivity contribution is 0.777. The number of hydrogen-bond donors (Lipinski definition) is 0. The van der Waals surface area contributed by atoms with Gasteiger partial charge in [-0.25, -0.2) is 0 Å². The number of para-hydroxylation sites is 6. The van der Waals surface area contributed by atoms with Gasteiger partial charge in [0.1, 0.15) is 0 Å². The third kappa shape index (κ3) is 7.73. The van der Waals surface area contributed by atoms with E-state index in [1.165, 1.54) is 109 Å². The average molecular weight is 1130 g/mol. The Morgan fingerprint density at radius 2 is 0.629 bits per heavy atom. The summed E-state index contributed by atoms with van der Waals surface area (Å²) in [5.41, 5.74) is 20.4. The van der Waals surface area contributed by atoms with Crippen molar-refractivity contribution in [3.63, 3.8) is 0 Å². The SMILES string of the molecule is c1ccc(N(c2ccc3cc4c(cc3c2)C(c2ccccc2)(c2ccccc2)c2c-4c3ccccc3c3cc(N(c4ccccc4)c4ccc5c(c4)c4ccccc4n5-c4ccccc4)ccc23)c2ccc3c(c2)c2ccccc2n3-c2ccccc2)cc1. The van der Waals surface area contributed by atoms with E-state index in [4.69, 9.17) is 0 Å². The first-order valence-corrected chi connectivity index (χ1v) is 30.7. The van der Waals surface area contributed by atoms with Gasteiger partial charge in [-0.05, 0) is 199 Å². The Kier molecular flexibility index (Phi) is 11.5. The van der Waals surface area contributed by atoms with Gasteiger partial charge < -0.3 is 18.9 Å². The van der Waals surface area contributed by atoms with Crippen molar-refractivity contribution in [2.24, 2.45) is 0 Å². The molecule has 1 aliphatic carbocycles. The zero-order valence-corrected chi connectivity index (χ0v) is 48.6. The summed E-state index contributed by atoms with van der Waals surface area (Å²) in [5, 5.41) is 12.1. The number of benzene rings is 15. The maximum Gasteiger partial charge on any atom is 0.0720 e. The predicted octanol–water partition coefficient (Wildman–Crippen LogP) is 22.6. The Balaban J connectivity index is 0.858. The van der Waals surface area contributed by atoms with Crippen LogP contribution < -0.4 is 9.80 Å². The molecule has 0 spiro atoms. The molecule has 0 N–H and O–H groups in total. The maximum absolute atomic E-state index is 2.53. The second-order valence-corrected chi connectivity index (χ2v) is 23.6. The highest BCUT2D eigenvalue weighted by Crippen LogP contribution is 2.61. The second kappa shape index (κ2) is 20.2. The molecule has 0 atom stereocenters. The molecule has 89 heavy (non-hydrogen) atoms. The lowest BCUT2D eigenvalue weighted by Gasteiger charge is -2.35. The minimum atomic E-state index is -0.713. The first-order valence-electron chi connectivity index (χ1n) is 30.7. The van der Waals surface area contributed by atoms with E-state index in [-0.39, 0.29) is 0 Å². The van der Waals surface area contributed by atoms with Crippen molar-refractivity contribution >= 4 is 110 Å². The lowest BCUT2D eigenvalue weighted by atomic mass is 9.66. The van der Waals surface area contributed by atoms with Gasteiger partial charge in [-0.1, -0.05) is 206 Å². The van der Waals surface area contributed by atoms with E-state index in [1.54, 1.807) is 0 Å². The number of hydrogen-bond acceptors (Lipinski definition) is 2. The van der Waals surface area contributed by atoms with E-state index in [9.17, 15) is 0 Å². The molecule has 2 heterocycles. The molecule has 17 aromatic rings. The van der Waals surface area contributed by atoms with E-state index < -0.39 is 5.41 Å². The van der Waals surface area contributed by atoms with Crippen molar-refractivity contribution in [1.82, 2.24) is 9.13 Å². The highest BCUT2D eigenvalue weighted by atomic mass is 15.1. The van der Waals surface area contributed by atoms with Crippen molar-refractivity contribution in [2.75, 3.05) is 9.80 Å². The molecule has 1 aliphatic rings. The summed E-state index contributed by atoms with van der Waals surface area (Å²) in [7, 11) is 0. The average Bonchev–Trinajstić information content (AvgIpc) is 1.54. The summed E-state index contributed by atoms with van der Waals surface area (Å²) in [6, 6.07) is 126. The van der Waals surface area contributed by atoms with Gasteiger partial charge in [-0.15, -0.1) is 0 Å². The molecular formula is C85H56N4. The van der Waals surface area contributed by atoms with Crippen LogP contribution in [0.4, 0.5) is 34.1 Å². The Hall–Kier alpha value is -11.7. The molecule has 4 heteroatoms. The molecule has 0 unspecified atom stereocenters. The maximum atomic E-state index is 2.53. The van der Waals surface area contributed by atoms with Gasteiger partial charge in [-0.3, -0.25) is 0 Å². The molecule has 0 aliphatic heterocycles. The van der Waals surface area contributed by atoms with E-state index in [2.05, 4.69) is 359 Å². The van der Waals surface area contributed by atoms with Crippen molar-refractivity contribution in [2.45, 2.75) is 5.41 Å². The molecule has 0 radical (unpaired) electrons. The third-order valence-corrected chi connectivity index (χ3v) is 18.8. The first-order chi connectivity index (χ1) is 44.2. The van der Waals surface area contributed by atoms with Crippen LogP contribution in [0, 0.1) is 0 Å². The van der Waals surface area contributed by atoms with Gasteiger partial charge in [0.25, 0.3) is 0 Å². The summed E-state index contributed by atoms with van der Waals surface area (Å²) in [4.78, 5) is 4.87. The molecule has 0 bridgehead atoms. The monoisotopic (exact) mass is 1130 g/mol. The standard InChI is InChI=1S/C85H56N4/c1-7-25-59(26-8-1)85(60-27-9-2-10-28-60)78-53-58-51-65(86(61-29-11-3-12-30-61)67-46-49-81-75(55-67)70-38-21-23-41-79(70)88(81)63-33-15-5-16-34-63)44-43-57(58)52-77(78)83-72-40-20-19-37-69(72)74-54-66(45-48-73(74)84(83)85)87(62-31-13-4-14-32-62)68-47-50-82-76(56-68)71-39-22-24-42-80(71)89(82)64-35-17-6-18-36-64/h1-56H. The Morgan fingerprint density at radius 3 is 1.15 bits per heavy atom. The van der Waals surface area contributed by atoms with Crippen molar-refractivity contribution in [1.29, 1.82) is 0 Å². The quantitative estimate of drug-likeness (QED) is 0.127. The van der Waals surface area contributed by atoms with Crippen LogP contribution >= 0.6 is 0 Å². The fourth-order valence-corrected chi connectivity index (χ4v) is 15.2. The van der Waals surface area contributed by atoms with Crippen LogP contribution in [0.3, 0.4) is 0 Å². The Bertz CT molecular complexity index is 5560. The summed E-state index contributed by atoms with van der Waals surface area (Å²) in [6.07, 6.45) is 0. The fourth-order valence-electron chi connectivity index (χ4n) is 15.2. The van der Waals surface area contributed by atoms with E-state index in [0.717, 1.165) is 45.5 Å². The second-order valence-electron chi connectivity index (χ2n) is 23.6. The minimum absolute atomic E-state index is 0.713. The van der Waals surface area contributed by atoms with Gasteiger partial charge in [0.15, 0.2) is 0 Å². The smallest absolute Gasteiger partial charge is 0.0720 e. The Labute approximate surface area is 515 Å². The minimum Gasteiger partial charge on any atom is -0.310 e. The van der Waals surface area contributed by atoms with Crippen LogP contribution in [0.5, 0.6) is 0 Å². The lowest BCUT2D eigenvalue weighted by Crippen LogP contribution is -2.29. The molecule has 18 rings (SSSR count). The molecule has 0 fully saturated rings. The molecule has 15 aromatic carbocycles. The van der Waals surface area contributed by atoms with Gasteiger partial charge in [0, 0.05) is 67.0 Å². The number of aromatic nitrogens is 2. The number of nitrogens with zero attached hydrogens (tertiary/aromatic N) is 4. The molecular weight excluding hydrogens is 1080 g/mol. The van der Waals surface area contributed by atoms with Crippen LogP contribution in [-0.4, -0.2) is 9.13 Å². The first kappa shape index (κ1) is 50.6. The highest BCUT2D eigenvalue weighted by molar-refractivity contribution is 6.21. The number of fused-ring (bicyclic) bond motifs is 15. The topological polar surface area (TPSA) is 16.3 Å². The zero-order chi connectivity index (χ0) is 58.6. The molecule has 4 nitrogen and oxygen atoms in total. The van der Waals surface area contributed by atoms with Crippen LogP contribution in [0.2, 0.25) is 0 Å². The van der Waals surface area contributed by atoms with E-state index >= 15 is 0 Å². The molecule has 2 aromatic heterocycles. The van der Waals surface area contributed by atoms with Crippen LogP contribution in [0.25, 0.3) is 98.4 Å². The third-order valence-electron chi connectivity index (χ3n) is 18.8. The van der Waals surface area contributed by atoms with E-state index in [0.29, 0.717) is 0 Å². The highest BCUT2D eigenvalue weighted by Gasteiger charge is 2.48. The molecule has 0 amide bonds. The van der Waals surface area contributed by atoms with Crippen molar-refractivity contribution in [3.8, 4) is 22.5 Å². The number of anilines is 6. The Morgan fingerprint density at radius 1 is 0.236 bits per heavy atom. The van der Waals surface area contributed by atoms with Gasteiger partial charge in [0.05, 0.1) is 27.5 Å². The van der Waals surface area contributed by atoms with Gasteiger partial charge in [-0.2, -0.15) is 0 Å². The van der Waals surface area contributed by atoms with Gasteiger partial charge in [0.2, 0.25) is 0 Å². The fraction of sp³-hybridized carbons (Fsp3) is 0.0118. The molecule has 0 saturated carbocycles. The van der Waals surface area contributed by atoms with Crippen molar-refractivity contribution < 1.29 is 0 Å². The molecule has 416 valence electrons. The van der Waals surface area contributed by atoms with Gasteiger partial charge >= 0.3 is 0 Å². The number of rotatable bonds is 10. The van der Waals surface area contributed by atoms with Crippen LogP contribution in [0.1, 0.15) is 22.3 Å². The van der Waals surface area contributed by atoms with E-state index in [1.807, 2.05) is 0 Å². The summed E-state index contributed by atoms with van der Waals surface area (Å²) in [5.74, 6) is 0. The summed E-state index contributed by atoms with van der Waals surface area (Å²) >= 11 is 0. The summed E-state index contributed by atoms with van der Waals surface area (Å²) < 4.78 is 4.78. The van der Waals surface area contributed by atoms with Crippen LogP contribution in [0.15, 0.2) is 340 Å². The largest absolute Gasteiger partial charge is 0.310 e. The normalized spacial score (nSPS) is 12.6.